The molecule has 2 saturated heterocycles. The van der Waals surface area contributed by atoms with Gasteiger partial charge < -0.3 is 20.3 Å². The molecule has 1 aromatic carbocycles. The zero-order chi connectivity index (χ0) is 18.5. The van der Waals surface area contributed by atoms with E-state index >= 15 is 0 Å². The summed E-state index contributed by atoms with van der Waals surface area (Å²) < 4.78 is 5.18. The Morgan fingerprint density at radius 1 is 1.15 bits per heavy atom. The van der Waals surface area contributed by atoms with E-state index in [1.807, 2.05) is 11.8 Å². The fraction of sp³-hybridized carbons (Fsp3) is 0.579. The fourth-order valence-electron chi connectivity index (χ4n) is 4.00. The van der Waals surface area contributed by atoms with Crippen molar-refractivity contribution in [1.29, 1.82) is 0 Å². The molecule has 3 rings (SSSR count). The van der Waals surface area contributed by atoms with Crippen LogP contribution in [0.25, 0.3) is 0 Å². The van der Waals surface area contributed by atoms with Gasteiger partial charge in [0.25, 0.3) is 5.91 Å². The van der Waals surface area contributed by atoms with Crippen LogP contribution < -0.4 is 10.6 Å². The highest BCUT2D eigenvalue weighted by Crippen LogP contribution is 2.36. The molecule has 2 amide bonds. The number of ether oxygens (including phenoxy) is 1. The molecular weight excluding hydrogens is 354 g/mol. The number of piperidine rings is 1. The number of hydrogen-bond donors (Lipinski definition) is 2. The van der Waals surface area contributed by atoms with Crippen LogP contribution in [0.15, 0.2) is 24.3 Å². The van der Waals surface area contributed by atoms with E-state index in [0.717, 1.165) is 25.7 Å². The van der Waals surface area contributed by atoms with Crippen LogP contribution in [0.2, 0.25) is 5.02 Å². The maximum atomic E-state index is 12.1. The molecule has 2 aliphatic heterocycles. The average Bonchev–Trinajstić information content (AvgIpc) is 2.90. The summed E-state index contributed by atoms with van der Waals surface area (Å²) >= 11 is 5.83. The summed E-state index contributed by atoms with van der Waals surface area (Å²) in [6.07, 6.45) is 3.82. The largest absolute Gasteiger partial charge is 0.450 e. The number of carbonyl (C=O) groups excluding carboxylic acids is 2. The van der Waals surface area contributed by atoms with Gasteiger partial charge in [-0.05, 0) is 56.9 Å². The Labute approximate surface area is 159 Å². The molecule has 1 aromatic rings. The van der Waals surface area contributed by atoms with Gasteiger partial charge in [0.2, 0.25) is 0 Å². The van der Waals surface area contributed by atoms with Crippen molar-refractivity contribution in [2.24, 2.45) is 0 Å². The lowest BCUT2D eigenvalue weighted by Gasteiger charge is -2.38. The number of nitrogens with one attached hydrogen (secondary N) is 2. The third-order valence-corrected chi connectivity index (χ3v) is 5.41. The van der Waals surface area contributed by atoms with Gasteiger partial charge in [-0.3, -0.25) is 4.79 Å². The maximum Gasteiger partial charge on any atom is 0.410 e. The number of hydrogen-bond acceptors (Lipinski definition) is 4. The summed E-state index contributed by atoms with van der Waals surface area (Å²) in [4.78, 5) is 26.1. The van der Waals surface area contributed by atoms with Gasteiger partial charge in [-0.2, -0.15) is 0 Å². The predicted octanol–water partition coefficient (Wildman–Crippen LogP) is 2.81. The minimum atomic E-state index is -0.173. The standard InChI is InChI=1S/C19H26ClN3O3/c1-2-26-19(25)23-16-7-8-17(23)12-15(11-16)21-9-10-22-18(24)13-3-5-14(20)6-4-13/h3-6,15-17,21H,2,7-12H2,1H3,(H,22,24). The normalized spacial score (nSPS) is 24.4. The first-order valence-electron chi connectivity index (χ1n) is 9.30. The summed E-state index contributed by atoms with van der Waals surface area (Å²) in [7, 11) is 0. The molecule has 0 aromatic heterocycles. The van der Waals surface area contributed by atoms with Crippen molar-refractivity contribution in [3.05, 3.63) is 34.9 Å². The van der Waals surface area contributed by atoms with Gasteiger partial charge in [0, 0.05) is 41.8 Å². The van der Waals surface area contributed by atoms with Gasteiger partial charge in [0.1, 0.15) is 0 Å². The highest BCUT2D eigenvalue weighted by atomic mass is 35.5. The van der Waals surface area contributed by atoms with E-state index in [1.54, 1.807) is 24.3 Å². The summed E-state index contributed by atoms with van der Waals surface area (Å²) in [6, 6.07) is 7.78. The Morgan fingerprint density at radius 3 is 2.42 bits per heavy atom. The fourth-order valence-corrected chi connectivity index (χ4v) is 4.12. The average molecular weight is 380 g/mol. The van der Waals surface area contributed by atoms with Gasteiger partial charge in [-0.25, -0.2) is 4.79 Å². The van der Waals surface area contributed by atoms with Crippen LogP contribution in [-0.2, 0) is 4.74 Å². The van der Waals surface area contributed by atoms with Crippen molar-refractivity contribution in [3.8, 4) is 0 Å². The number of halogens is 1. The predicted molar refractivity (Wildman–Crippen MR) is 100 cm³/mol. The van der Waals surface area contributed by atoms with E-state index in [9.17, 15) is 9.59 Å². The van der Waals surface area contributed by atoms with Crippen LogP contribution in [-0.4, -0.2) is 54.7 Å². The number of amides is 2. The minimum absolute atomic E-state index is 0.0966. The van der Waals surface area contributed by atoms with Gasteiger partial charge in [-0.15, -0.1) is 0 Å². The first-order valence-corrected chi connectivity index (χ1v) is 9.68. The second-order valence-electron chi connectivity index (χ2n) is 6.88. The van der Waals surface area contributed by atoms with E-state index in [1.165, 1.54) is 0 Å². The zero-order valence-corrected chi connectivity index (χ0v) is 15.8. The van der Waals surface area contributed by atoms with Crippen LogP contribution in [0.3, 0.4) is 0 Å². The number of carbonyl (C=O) groups is 2. The Hall–Kier alpha value is -1.79. The molecule has 0 radical (unpaired) electrons. The van der Waals surface area contributed by atoms with E-state index in [-0.39, 0.29) is 24.1 Å². The molecule has 142 valence electrons. The molecule has 2 bridgehead atoms. The molecule has 2 N–H and O–H groups in total. The van der Waals surface area contributed by atoms with Gasteiger partial charge in [-0.1, -0.05) is 11.6 Å². The van der Waals surface area contributed by atoms with E-state index in [4.69, 9.17) is 16.3 Å². The number of fused-ring (bicyclic) bond motifs is 2. The molecule has 2 unspecified atom stereocenters. The molecule has 26 heavy (non-hydrogen) atoms. The Kier molecular flexibility index (Phi) is 6.38. The number of benzene rings is 1. The quantitative estimate of drug-likeness (QED) is 0.745. The number of nitrogens with zero attached hydrogens (tertiary/aromatic N) is 1. The lowest BCUT2D eigenvalue weighted by molar-refractivity contribution is 0.0659. The monoisotopic (exact) mass is 379 g/mol. The smallest absolute Gasteiger partial charge is 0.410 e. The van der Waals surface area contributed by atoms with Crippen molar-refractivity contribution in [3.63, 3.8) is 0 Å². The van der Waals surface area contributed by atoms with Gasteiger partial charge in [0.05, 0.1) is 6.61 Å². The molecule has 0 spiro atoms. The Morgan fingerprint density at radius 2 is 1.81 bits per heavy atom. The molecule has 2 fully saturated rings. The topological polar surface area (TPSA) is 70.7 Å². The summed E-state index contributed by atoms with van der Waals surface area (Å²) in [5.74, 6) is -0.0966. The zero-order valence-electron chi connectivity index (χ0n) is 15.0. The molecule has 7 heteroatoms. The first kappa shape index (κ1) is 19.0. The molecule has 0 aliphatic carbocycles. The van der Waals surface area contributed by atoms with Crippen LogP contribution in [0.5, 0.6) is 0 Å². The lowest BCUT2D eigenvalue weighted by atomic mass is 9.98. The van der Waals surface area contributed by atoms with Crippen LogP contribution >= 0.6 is 11.6 Å². The summed E-state index contributed by atoms with van der Waals surface area (Å²) in [5, 5.41) is 7.04. The van der Waals surface area contributed by atoms with Crippen molar-refractivity contribution in [1.82, 2.24) is 15.5 Å². The maximum absolute atomic E-state index is 12.1. The third kappa shape index (κ3) is 4.48. The highest BCUT2D eigenvalue weighted by Gasteiger charge is 2.43. The highest BCUT2D eigenvalue weighted by molar-refractivity contribution is 6.30. The van der Waals surface area contributed by atoms with Crippen molar-refractivity contribution >= 4 is 23.6 Å². The Bertz CT molecular complexity index is 623. The van der Waals surface area contributed by atoms with Crippen LogP contribution in [0.4, 0.5) is 4.79 Å². The van der Waals surface area contributed by atoms with Crippen molar-refractivity contribution in [2.75, 3.05) is 19.7 Å². The van der Waals surface area contributed by atoms with E-state index in [0.29, 0.717) is 36.3 Å². The molecule has 2 aliphatic rings. The molecule has 0 saturated carbocycles. The van der Waals surface area contributed by atoms with E-state index in [2.05, 4.69) is 10.6 Å². The molecule has 2 heterocycles. The molecular formula is C19H26ClN3O3. The minimum Gasteiger partial charge on any atom is -0.450 e. The summed E-state index contributed by atoms with van der Waals surface area (Å²) in [6.45, 7) is 3.54. The third-order valence-electron chi connectivity index (χ3n) is 5.16. The van der Waals surface area contributed by atoms with Gasteiger partial charge in [0.15, 0.2) is 0 Å². The molecule has 2 atom stereocenters. The van der Waals surface area contributed by atoms with Crippen molar-refractivity contribution in [2.45, 2.75) is 50.7 Å². The second kappa shape index (κ2) is 8.73. The lowest BCUT2D eigenvalue weighted by Crippen LogP contribution is -2.52. The van der Waals surface area contributed by atoms with Crippen LogP contribution in [0, 0.1) is 0 Å². The van der Waals surface area contributed by atoms with E-state index < -0.39 is 0 Å². The SMILES string of the molecule is CCOC(=O)N1C2CCC1CC(NCCNC(=O)c1ccc(Cl)cc1)C2. The van der Waals surface area contributed by atoms with Crippen molar-refractivity contribution < 1.29 is 14.3 Å². The Balaban J connectivity index is 1.39. The number of rotatable bonds is 6. The first-order chi connectivity index (χ1) is 12.6. The van der Waals surface area contributed by atoms with Crippen LogP contribution in [0.1, 0.15) is 43.0 Å². The molecule has 6 nitrogen and oxygen atoms in total. The second-order valence-corrected chi connectivity index (χ2v) is 7.31. The van der Waals surface area contributed by atoms with Gasteiger partial charge >= 0.3 is 6.09 Å². The summed E-state index contributed by atoms with van der Waals surface area (Å²) in [5.41, 5.74) is 0.607.